The van der Waals surface area contributed by atoms with E-state index in [4.69, 9.17) is 10.2 Å². The Balaban J connectivity index is -0.000000246. The van der Waals surface area contributed by atoms with Gasteiger partial charge in [-0.05, 0) is 10.8 Å². The minimum Gasteiger partial charge on any atom is -0.400 e. The number of aliphatic hydroxyl groups is 2. The molecule has 0 aromatic heterocycles. The van der Waals surface area contributed by atoms with Crippen molar-refractivity contribution in [3.8, 4) is 0 Å². The van der Waals surface area contributed by atoms with Crippen LogP contribution in [0.4, 0.5) is 0 Å². The lowest BCUT2D eigenvalue weighted by atomic mass is 10.1. The Kier molecular flexibility index (Phi) is 27.0. The van der Waals surface area contributed by atoms with Gasteiger partial charge >= 0.3 is 0 Å². The largest absolute Gasteiger partial charge is 0.400 e. The average Bonchev–Trinajstić information content (AvgIpc) is 2.53. The predicted molar refractivity (Wildman–Crippen MR) is 92.2 cm³/mol. The Morgan fingerprint density at radius 1 is 0.550 bits per heavy atom. The molecule has 0 aliphatic rings. The zero-order valence-electron chi connectivity index (χ0n) is 13.9. The number of rotatable bonds is 0. The Morgan fingerprint density at radius 2 is 0.700 bits per heavy atom. The number of benzene rings is 2. The second-order valence-electron chi connectivity index (χ2n) is 3.76. The molecular weight excluding hydrogens is 248 g/mol. The highest BCUT2D eigenvalue weighted by molar-refractivity contribution is 5.81. The smallest absolute Gasteiger partial charge is 0.0319 e. The molecule has 0 unspecified atom stereocenters. The van der Waals surface area contributed by atoms with Crippen molar-refractivity contribution < 1.29 is 10.2 Å². The van der Waals surface area contributed by atoms with Crippen molar-refractivity contribution in [2.45, 2.75) is 40.5 Å². The fourth-order valence-corrected chi connectivity index (χ4v) is 1.13. The third kappa shape index (κ3) is 14.7. The van der Waals surface area contributed by atoms with Gasteiger partial charge in [0.05, 0.1) is 0 Å². The fraction of sp³-hybridized carbons (Fsp3) is 0.444. The Bertz CT molecular complexity index is 305. The SMILES string of the molecule is CCC.CCC.CO.CO.c1ccc2ccccc2c1. The van der Waals surface area contributed by atoms with E-state index in [9.17, 15) is 0 Å². The second-order valence-corrected chi connectivity index (χ2v) is 3.76. The molecular formula is C18H32O2. The lowest BCUT2D eigenvalue weighted by molar-refractivity contribution is 0.399. The van der Waals surface area contributed by atoms with Crippen LogP contribution in [-0.2, 0) is 0 Å². The molecule has 0 saturated carbocycles. The number of hydrogen-bond acceptors (Lipinski definition) is 2. The summed E-state index contributed by atoms with van der Waals surface area (Å²) in [5, 5.41) is 16.6. The first-order valence-electron chi connectivity index (χ1n) is 7.13. The molecule has 0 aliphatic carbocycles. The molecule has 0 atom stereocenters. The molecule has 116 valence electrons. The maximum atomic E-state index is 7.00. The van der Waals surface area contributed by atoms with Gasteiger partial charge in [0.1, 0.15) is 0 Å². The Labute approximate surface area is 125 Å². The van der Waals surface area contributed by atoms with Gasteiger partial charge in [0.25, 0.3) is 0 Å². The van der Waals surface area contributed by atoms with Gasteiger partial charge in [-0.1, -0.05) is 89.1 Å². The monoisotopic (exact) mass is 280 g/mol. The summed E-state index contributed by atoms with van der Waals surface area (Å²) in [6, 6.07) is 16.7. The number of hydrogen-bond donors (Lipinski definition) is 2. The molecule has 2 heteroatoms. The van der Waals surface area contributed by atoms with Crippen LogP contribution in [0.2, 0.25) is 0 Å². The third-order valence-corrected chi connectivity index (χ3v) is 1.66. The molecule has 0 amide bonds. The molecule has 0 fully saturated rings. The van der Waals surface area contributed by atoms with Crippen molar-refractivity contribution in [2.75, 3.05) is 14.2 Å². The lowest BCUT2D eigenvalue weighted by Gasteiger charge is -1.92. The molecule has 2 aromatic carbocycles. The molecule has 20 heavy (non-hydrogen) atoms. The maximum Gasteiger partial charge on any atom is 0.0319 e. The standard InChI is InChI=1S/C10H8.2C3H8.2CH4O/c1-2-6-10-8-4-3-7-9(10)5-1;2*1-3-2;2*1-2/h1-8H;2*3H2,1-2H3;2*2H,1H3. The minimum absolute atomic E-state index is 1.00. The normalized spacial score (nSPS) is 7.40. The zero-order valence-corrected chi connectivity index (χ0v) is 13.9. The van der Waals surface area contributed by atoms with Crippen molar-refractivity contribution in [1.29, 1.82) is 0 Å². The molecule has 0 bridgehead atoms. The van der Waals surface area contributed by atoms with Crippen molar-refractivity contribution in [3.05, 3.63) is 48.5 Å². The van der Waals surface area contributed by atoms with Crippen LogP contribution in [0.1, 0.15) is 40.5 Å². The van der Waals surface area contributed by atoms with E-state index in [2.05, 4.69) is 76.2 Å². The summed E-state index contributed by atoms with van der Waals surface area (Å²) in [4.78, 5) is 0. The zero-order chi connectivity index (χ0) is 16.2. The first-order valence-corrected chi connectivity index (χ1v) is 7.13. The van der Waals surface area contributed by atoms with E-state index in [1.807, 2.05) is 0 Å². The Morgan fingerprint density at radius 3 is 0.850 bits per heavy atom. The van der Waals surface area contributed by atoms with Crippen LogP contribution in [0.5, 0.6) is 0 Å². The summed E-state index contributed by atoms with van der Waals surface area (Å²) < 4.78 is 0. The highest BCUT2D eigenvalue weighted by Gasteiger charge is 1.85. The summed E-state index contributed by atoms with van der Waals surface area (Å²) in [6.07, 6.45) is 2.50. The summed E-state index contributed by atoms with van der Waals surface area (Å²) in [7, 11) is 2.00. The summed E-state index contributed by atoms with van der Waals surface area (Å²) in [5.41, 5.74) is 0. The van der Waals surface area contributed by atoms with Crippen LogP contribution < -0.4 is 0 Å². The molecule has 0 spiro atoms. The van der Waals surface area contributed by atoms with Crippen molar-refractivity contribution in [1.82, 2.24) is 0 Å². The second kappa shape index (κ2) is 22.8. The van der Waals surface area contributed by atoms with Crippen LogP contribution in [0.25, 0.3) is 10.8 Å². The highest BCUT2D eigenvalue weighted by atomic mass is 16.2. The van der Waals surface area contributed by atoms with E-state index in [0.29, 0.717) is 0 Å². The van der Waals surface area contributed by atoms with Crippen molar-refractivity contribution in [2.24, 2.45) is 0 Å². The van der Waals surface area contributed by atoms with E-state index in [1.54, 1.807) is 0 Å². The van der Waals surface area contributed by atoms with Crippen LogP contribution in [0, 0.1) is 0 Å². The van der Waals surface area contributed by atoms with Gasteiger partial charge < -0.3 is 10.2 Å². The van der Waals surface area contributed by atoms with Gasteiger partial charge in [-0.3, -0.25) is 0 Å². The van der Waals surface area contributed by atoms with Gasteiger partial charge in [-0.2, -0.15) is 0 Å². The maximum absolute atomic E-state index is 7.00. The topological polar surface area (TPSA) is 40.5 Å². The summed E-state index contributed by atoms with van der Waals surface area (Å²) in [5.74, 6) is 0. The Hall–Kier alpha value is -1.38. The number of fused-ring (bicyclic) bond motifs is 1. The molecule has 0 radical (unpaired) electrons. The molecule has 2 nitrogen and oxygen atoms in total. The van der Waals surface area contributed by atoms with Crippen LogP contribution in [0.15, 0.2) is 48.5 Å². The first kappa shape index (κ1) is 23.7. The van der Waals surface area contributed by atoms with Gasteiger partial charge in [0.2, 0.25) is 0 Å². The van der Waals surface area contributed by atoms with Crippen LogP contribution in [0.3, 0.4) is 0 Å². The van der Waals surface area contributed by atoms with E-state index in [-0.39, 0.29) is 0 Å². The predicted octanol–water partition coefficient (Wildman–Crippen LogP) is 4.89. The van der Waals surface area contributed by atoms with Crippen molar-refractivity contribution >= 4 is 10.8 Å². The van der Waals surface area contributed by atoms with Gasteiger partial charge in [-0.25, -0.2) is 0 Å². The molecule has 0 saturated heterocycles. The van der Waals surface area contributed by atoms with E-state index >= 15 is 0 Å². The van der Waals surface area contributed by atoms with E-state index in [1.165, 1.54) is 23.6 Å². The third-order valence-electron chi connectivity index (χ3n) is 1.66. The highest BCUT2D eigenvalue weighted by Crippen LogP contribution is 2.11. The quantitative estimate of drug-likeness (QED) is 0.721. The fourth-order valence-electron chi connectivity index (χ4n) is 1.13. The van der Waals surface area contributed by atoms with Gasteiger partial charge in [0, 0.05) is 14.2 Å². The molecule has 0 aliphatic heterocycles. The minimum atomic E-state index is 1.00. The molecule has 2 aromatic rings. The average molecular weight is 280 g/mol. The number of aliphatic hydroxyl groups excluding tert-OH is 2. The molecule has 2 rings (SSSR count). The summed E-state index contributed by atoms with van der Waals surface area (Å²) >= 11 is 0. The van der Waals surface area contributed by atoms with Gasteiger partial charge in [-0.15, -0.1) is 0 Å². The van der Waals surface area contributed by atoms with Crippen LogP contribution in [-0.4, -0.2) is 24.4 Å². The van der Waals surface area contributed by atoms with Gasteiger partial charge in [0.15, 0.2) is 0 Å². The van der Waals surface area contributed by atoms with E-state index in [0.717, 1.165) is 14.2 Å². The van der Waals surface area contributed by atoms with Crippen molar-refractivity contribution in [3.63, 3.8) is 0 Å². The molecule has 0 heterocycles. The van der Waals surface area contributed by atoms with Crippen LogP contribution >= 0.6 is 0 Å². The lowest BCUT2D eigenvalue weighted by Crippen LogP contribution is -1.67. The molecule has 2 N–H and O–H groups in total. The van der Waals surface area contributed by atoms with E-state index < -0.39 is 0 Å². The first-order chi connectivity index (χ1) is 9.79. The summed E-state index contributed by atoms with van der Waals surface area (Å²) in [6.45, 7) is 8.50.